The van der Waals surface area contributed by atoms with Crippen molar-refractivity contribution in [1.29, 1.82) is 0 Å². The summed E-state index contributed by atoms with van der Waals surface area (Å²) in [4.78, 5) is 21.4. The fourth-order valence-corrected chi connectivity index (χ4v) is 3.58. The van der Waals surface area contributed by atoms with Crippen LogP contribution < -0.4 is 10.1 Å². The summed E-state index contributed by atoms with van der Waals surface area (Å²) < 4.78 is 7.08. The van der Waals surface area contributed by atoms with Crippen molar-refractivity contribution in [2.45, 2.75) is 0 Å². The van der Waals surface area contributed by atoms with E-state index in [1.54, 1.807) is 43.0 Å². The average Bonchev–Trinajstić information content (AvgIpc) is 3.28. The van der Waals surface area contributed by atoms with E-state index in [1.807, 2.05) is 29.9 Å². The van der Waals surface area contributed by atoms with E-state index in [0.717, 1.165) is 27.4 Å². The number of pyridine rings is 1. The predicted octanol–water partition coefficient (Wildman–Crippen LogP) is 3.96. The maximum Gasteiger partial charge on any atom is 0.275 e. The molecule has 0 aliphatic carbocycles. The van der Waals surface area contributed by atoms with E-state index in [1.165, 1.54) is 11.3 Å². The van der Waals surface area contributed by atoms with E-state index in [9.17, 15) is 4.79 Å². The van der Waals surface area contributed by atoms with Gasteiger partial charge in [0.1, 0.15) is 22.1 Å². The maximum atomic E-state index is 12.5. The second-order valence-corrected chi connectivity index (χ2v) is 6.61. The van der Waals surface area contributed by atoms with Crippen LogP contribution in [0.1, 0.15) is 10.5 Å². The summed E-state index contributed by atoms with van der Waals surface area (Å²) in [5.41, 5.74) is 2.95. The van der Waals surface area contributed by atoms with E-state index < -0.39 is 0 Å². The summed E-state index contributed by atoms with van der Waals surface area (Å²) in [6.07, 6.45) is 3.75. The lowest BCUT2D eigenvalue weighted by atomic mass is 10.2. The molecule has 4 rings (SSSR count). The van der Waals surface area contributed by atoms with E-state index in [4.69, 9.17) is 4.74 Å². The van der Waals surface area contributed by atoms with Gasteiger partial charge in [-0.05, 0) is 36.4 Å². The number of carbonyl (C=O) groups excluding carboxylic acids is 1. The van der Waals surface area contributed by atoms with Gasteiger partial charge in [-0.3, -0.25) is 4.79 Å². The lowest BCUT2D eigenvalue weighted by Gasteiger charge is -2.04. The first-order valence-corrected chi connectivity index (χ1v) is 8.85. The zero-order valence-corrected chi connectivity index (χ0v) is 15.1. The largest absolute Gasteiger partial charge is 0.497 e. The summed E-state index contributed by atoms with van der Waals surface area (Å²) in [6, 6.07) is 11.1. The quantitative estimate of drug-likeness (QED) is 0.595. The normalized spacial score (nSPS) is 10.8. The van der Waals surface area contributed by atoms with Crippen molar-refractivity contribution in [2.75, 3.05) is 12.4 Å². The Hall–Kier alpha value is -3.19. The summed E-state index contributed by atoms with van der Waals surface area (Å²) in [6.45, 7) is 0. The highest BCUT2D eigenvalue weighted by Crippen LogP contribution is 2.31. The zero-order chi connectivity index (χ0) is 18.1. The van der Waals surface area contributed by atoms with Gasteiger partial charge in [-0.1, -0.05) is 0 Å². The molecule has 1 aromatic carbocycles. The fourth-order valence-electron chi connectivity index (χ4n) is 2.75. The highest BCUT2D eigenvalue weighted by Gasteiger charge is 2.16. The number of methoxy groups -OCH3 is 1. The van der Waals surface area contributed by atoms with Crippen LogP contribution in [0.3, 0.4) is 0 Å². The molecule has 130 valence electrons. The minimum atomic E-state index is -0.240. The zero-order valence-electron chi connectivity index (χ0n) is 14.3. The molecule has 6 nitrogen and oxygen atoms in total. The first-order valence-electron chi connectivity index (χ1n) is 7.97. The second-order valence-electron chi connectivity index (χ2n) is 5.75. The number of rotatable bonds is 4. The van der Waals surface area contributed by atoms with Gasteiger partial charge in [0.25, 0.3) is 5.91 Å². The highest BCUT2D eigenvalue weighted by molar-refractivity contribution is 7.13. The van der Waals surface area contributed by atoms with E-state index >= 15 is 0 Å². The molecule has 3 heterocycles. The Bertz CT molecular complexity index is 1080. The van der Waals surface area contributed by atoms with Crippen LogP contribution in [-0.4, -0.2) is 27.6 Å². The SMILES string of the molecule is COc1ccc(NC(=O)c2csc(-c3cn(C)c4ncccc34)n2)cc1. The van der Waals surface area contributed by atoms with Crippen molar-refractivity contribution in [3.63, 3.8) is 0 Å². The Morgan fingerprint density at radius 2 is 2.04 bits per heavy atom. The molecule has 0 saturated carbocycles. The molecule has 0 bridgehead atoms. The number of anilines is 1. The number of nitrogens with one attached hydrogen (secondary N) is 1. The number of hydrogen-bond donors (Lipinski definition) is 1. The van der Waals surface area contributed by atoms with Crippen LogP contribution in [0.15, 0.2) is 54.2 Å². The first-order chi connectivity index (χ1) is 12.7. The topological polar surface area (TPSA) is 69.0 Å². The van der Waals surface area contributed by atoms with Crippen molar-refractivity contribution < 1.29 is 9.53 Å². The minimum absolute atomic E-state index is 0.240. The van der Waals surface area contributed by atoms with Crippen LogP contribution in [0, 0.1) is 0 Å². The molecule has 0 aliphatic heterocycles. The molecule has 1 N–H and O–H groups in total. The van der Waals surface area contributed by atoms with Crippen molar-refractivity contribution in [3.8, 4) is 16.3 Å². The molecule has 0 radical (unpaired) electrons. The number of aromatic nitrogens is 3. The van der Waals surface area contributed by atoms with E-state index in [-0.39, 0.29) is 5.91 Å². The second kappa shape index (κ2) is 6.61. The monoisotopic (exact) mass is 364 g/mol. The molecule has 0 spiro atoms. The van der Waals surface area contributed by atoms with Crippen molar-refractivity contribution >= 4 is 34.0 Å². The highest BCUT2D eigenvalue weighted by atomic mass is 32.1. The van der Waals surface area contributed by atoms with Crippen LogP contribution in [0.5, 0.6) is 5.75 Å². The number of amides is 1. The van der Waals surface area contributed by atoms with Gasteiger partial charge in [-0.15, -0.1) is 11.3 Å². The lowest BCUT2D eigenvalue weighted by molar-refractivity contribution is 0.102. The molecule has 0 saturated heterocycles. The first kappa shape index (κ1) is 16.3. The van der Waals surface area contributed by atoms with Gasteiger partial charge in [0.05, 0.1) is 7.11 Å². The number of ether oxygens (including phenoxy) is 1. The number of thiazole rings is 1. The molecule has 0 fully saturated rings. The minimum Gasteiger partial charge on any atom is -0.497 e. The van der Waals surface area contributed by atoms with E-state index in [0.29, 0.717) is 11.4 Å². The van der Waals surface area contributed by atoms with Gasteiger partial charge in [0.15, 0.2) is 0 Å². The van der Waals surface area contributed by atoms with Crippen molar-refractivity contribution in [2.24, 2.45) is 7.05 Å². The molecule has 4 aromatic rings. The third kappa shape index (κ3) is 2.93. The molecule has 7 heteroatoms. The van der Waals surface area contributed by atoms with Crippen LogP contribution in [0.2, 0.25) is 0 Å². The Morgan fingerprint density at radius 1 is 1.23 bits per heavy atom. The van der Waals surface area contributed by atoms with Crippen LogP contribution in [-0.2, 0) is 7.05 Å². The number of carbonyl (C=O) groups is 1. The number of nitrogens with zero attached hydrogens (tertiary/aromatic N) is 3. The molecule has 3 aromatic heterocycles. The summed E-state index contributed by atoms with van der Waals surface area (Å²) in [5, 5.41) is 6.43. The number of fused-ring (bicyclic) bond motifs is 1. The van der Waals surface area contributed by atoms with Crippen molar-refractivity contribution in [3.05, 3.63) is 59.9 Å². The Morgan fingerprint density at radius 3 is 2.81 bits per heavy atom. The third-order valence-electron chi connectivity index (χ3n) is 4.05. The summed E-state index contributed by atoms with van der Waals surface area (Å²) in [5.74, 6) is 0.500. The summed E-state index contributed by atoms with van der Waals surface area (Å²) in [7, 11) is 3.55. The van der Waals surface area contributed by atoms with Crippen LogP contribution in [0.4, 0.5) is 5.69 Å². The smallest absolute Gasteiger partial charge is 0.275 e. The fraction of sp³-hybridized carbons (Fsp3) is 0.105. The molecule has 26 heavy (non-hydrogen) atoms. The standard InChI is InChI=1S/C19H16N4O2S/c1-23-10-15(14-4-3-9-20-17(14)23)19-22-16(11-26-19)18(24)21-12-5-7-13(25-2)8-6-12/h3-11H,1-2H3,(H,21,24). The molecule has 0 unspecified atom stereocenters. The Balaban J connectivity index is 1.59. The van der Waals surface area contributed by atoms with Crippen LogP contribution >= 0.6 is 11.3 Å². The van der Waals surface area contributed by atoms with Gasteiger partial charge in [0, 0.05) is 41.5 Å². The van der Waals surface area contributed by atoms with Gasteiger partial charge in [0.2, 0.25) is 0 Å². The summed E-state index contributed by atoms with van der Waals surface area (Å²) >= 11 is 1.44. The number of hydrogen-bond acceptors (Lipinski definition) is 5. The van der Waals surface area contributed by atoms with Gasteiger partial charge >= 0.3 is 0 Å². The molecule has 0 atom stereocenters. The van der Waals surface area contributed by atoms with Gasteiger partial charge in [-0.25, -0.2) is 9.97 Å². The molecular formula is C19H16N4O2S. The molecular weight excluding hydrogens is 348 g/mol. The Labute approximate surface area is 154 Å². The Kier molecular flexibility index (Phi) is 4.14. The molecule has 1 amide bonds. The van der Waals surface area contributed by atoms with Crippen molar-refractivity contribution in [1.82, 2.24) is 14.5 Å². The predicted molar refractivity (Wildman–Crippen MR) is 103 cm³/mol. The van der Waals surface area contributed by atoms with Gasteiger partial charge < -0.3 is 14.6 Å². The number of benzene rings is 1. The number of aryl methyl sites for hydroxylation is 1. The van der Waals surface area contributed by atoms with E-state index in [2.05, 4.69) is 15.3 Å². The third-order valence-corrected chi connectivity index (χ3v) is 4.92. The average molecular weight is 364 g/mol. The maximum absolute atomic E-state index is 12.5. The van der Waals surface area contributed by atoms with Crippen LogP contribution in [0.25, 0.3) is 21.6 Å². The van der Waals surface area contributed by atoms with Gasteiger partial charge in [-0.2, -0.15) is 0 Å². The molecule has 0 aliphatic rings. The lowest BCUT2D eigenvalue weighted by Crippen LogP contribution is -2.12.